The van der Waals surface area contributed by atoms with E-state index < -0.39 is 11.9 Å². The molecule has 0 radical (unpaired) electrons. The first kappa shape index (κ1) is 47.3. The van der Waals surface area contributed by atoms with Crippen LogP contribution in [-0.4, -0.2) is 94.5 Å². The van der Waals surface area contributed by atoms with Crippen LogP contribution in [0.4, 0.5) is 20.8 Å². The van der Waals surface area contributed by atoms with Crippen LogP contribution in [0.25, 0.3) is 16.1 Å². The van der Waals surface area contributed by atoms with Crippen LogP contribution < -0.4 is 10.2 Å². The van der Waals surface area contributed by atoms with Crippen molar-refractivity contribution in [2.75, 3.05) is 77.4 Å². The van der Waals surface area contributed by atoms with Crippen molar-refractivity contribution in [1.82, 2.24) is 10.3 Å². The van der Waals surface area contributed by atoms with Gasteiger partial charge in [0.05, 0.1) is 58.7 Å². The zero-order chi connectivity index (χ0) is 41.1. The number of carbonyl (C=O) groups excluding carboxylic acids is 1. The average Bonchev–Trinajstić information content (AvgIpc) is 3.78. The summed E-state index contributed by atoms with van der Waals surface area (Å²) < 4.78 is 22.6. The molecule has 3 aromatic rings. The van der Waals surface area contributed by atoms with Gasteiger partial charge < -0.3 is 34.3 Å². The highest BCUT2D eigenvalue weighted by molar-refractivity contribution is 7.19. The maximum Gasteiger partial charge on any atom is 0.307 e. The number of nitrogens with zero attached hydrogens (tertiary/aromatic N) is 5. The van der Waals surface area contributed by atoms with Gasteiger partial charge in [-0.05, 0) is 56.4 Å². The number of hydrogen-bond donors (Lipinski definition) is 2. The molecule has 0 saturated carbocycles. The number of carboxylic acid groups (broad SMARTS) is 1. The van der Waals surface area contributed by atoms with Gasteiger partial charge in [0.15, 0.2) is 10.1 Å². The summed E-state index contributed by atoms with van der Waals surface area (Å²) in [6.45, 7) is 21.4. The molecule has 2 heterocycles. The van der Waals surface area contributed by atoms with Crippen LogP contribution in [0.1, 0.15) is 76.2 Å². The van der Waals surface area contributed by atoms with Gasteiger partial charge in [-0.3, -0.25) is 9.59 Å². The Labute approximate surface area is 346 Å². The number of aliphatic carboxylic acids is 1. The summed E-state index contributed by atoms with van der Waals surface area (Å²) in [7, 11) is 0. The lowest BCUT2D eigenvalue weighted by atomic mass is 10.0. The van der Waals surface area contributed by atoms with Crippen LogP contribution >= 0.6 is 22.7 Å². The molecule has 57 heavy (non-hydrogen) atoms. The minimum Gasteiger partial charge on any atom is -0.481 e. The predicted molar refractivity (Wildman–Crippen MR) is 229 cm³/mol. The van der Waals surface area contributed by atoms with Crippen molar-refractivity contribution >= 4 is 55.4 Å². The molecule has 15 heteroatoms. The highest BCUT2D eigenvalue weighted by Gasteiger charge is 2.20. The second kappa shape index (κ2) is 28.4. The van der Waals surface area contributed by atoms with E-state index in [0.29, 0.717) is 94.5 Å². The van der Waals surface area contributed by atoms with Crippen molar-refractivity contribution < 1.29 is 33.6 Å². The molecule has 0 aliphatic carbocycles. The van der Waals surface area contributed by atoms with Gasteiger partial charge in [0.25, 0.3) is 0 Å². The standard InChI is InChI=1S/C42H60N6O7S2/c1-6-9-10-11-12-14-20-34(41(50)51)31-36(49)44-21-17-23-52-25-27-54-29-30-55-28-26-53-24-22-48(8-3)42-45-38(33-18-15-13-16-19-33)40(57-42)47-46-39-37(43-5)32(4)35(7-2)56-39/h12-16,18-19,34H,6-11,17,20-31H2,1-4H3,(H,44,49)(H,50,51)/b14-12+,47-46?. The highest BCUT2D eigenvalue weighted by atomic mass is 32.1. The number of amides is 1. The molecular weight excluding hydrogens is 765 g/mol. The van der Waals surface area contributed by atoms with Gasteiger partial charge in [-0.1, -0.05) is 80.5 Å². The number of aryl methyl sites for hydroxylation is 1. The number of unbranched alkanes of at least 4 members (excludes halogenated alkanes) is 3. The van der Waals surface area contributed by atoms with Gasteiger partial charge in [0, 0.05) is 38.2 Å². The Balaban J connectivity index is 1.26. The normalized spacial score (nSPS) is 12.1. The first-order valence-corrected chi connectivity index (χ1v) is 21.6. The summed E-state index contributed by atoms with van der Waals surface area (Å²) >= 11 is 3.00. The molecule has 0 aliphatic rings. The first-order chi connectivity index (χ1) is 27.8. The molecule has 1 amide bonds. The van der Waals surface area contributed by atoms with Crippen molar-refractivity contribution in [3.63, 3.8) is 0 Å². The van der Waals surface area contributed by atoms with E-state index in [9.17, 15) is 14.7 Å². The number of anilines is 1. The smallest absolute Gasteiger partial charge is 0.307 e. The van der Waals surface area contributed by atoms with Gasteiger partial charge in [-0.2, -0.15) is 5.11 Å². The fourth-order valence-electron chi connectivity index (χ4n) is 5.64. The number of carboxylic acids is 1. The van der Waals surface area contributed by atoms with E-state index in [1.165, 1.54) is 22.7 Å². The molecule has 0 aliphatic heterocycles. The number of carbonyl (C=O) groups is 2. The number of likely N-dealkylation sites (N-methyl/N-ethyl adjacent to an activating group) is 1. The largest absolute Gasteiger partial charge is 0.481 e. The number of aromatic nitrogens is 1. The summed E-state index contributed by atoms with van der Waals surface area (Å²) in [5.74, 6) is -1.92. The molecule has 312 valence electrons. The van der Waals surface area contributed by atoms with Gasteiger partial charge in [-0.15, -0.1) is 16.5 Å². The summed E-state index contributed by atoms with van der Waals surface area (Å²) in [4.78, 5) is 35.7. The zero-order valence-corrected chi connectivity index (χ0v) is 35.6. The minimum absolute atomic E-state index is 0.0293. The molecule has 1 unspecified atom stereocenters. The quantitative estimate of drug-likeness (QED) is 0.0280. The second-order valence-electron chi connectivity index (χ2n) is 13.2. The van der Waals surface area contributed by atoms with E-state index >= 15 is 0 Å². The van der Waals surface area contributed by atoms with Crippen molar-refractivity contribution in [3.8, 4) is 11.3 Å². The van der Waals surface area contributed by atoms with E-state index in [1.807, 2.05) is 49.4 Å². The third-order valence-corrected chi connectivity index (χ3v) is 11.2. The van der Waals surface area contributed by atoms with Crippen LogP contribution in [0.5, 0.6) is 0 Å². The molecule has 0 bridgehead atoms. The number of allylic oxidation sites excluding steroid dienone is 2. The second-order valence-corrected chi connectivity index (χ2v) is 15.2. The number of benzene rings is 1. The first-order valence-electron chi connectivity index (χ1n) is 20.0. The van der Waals surface area contributed by atoms with Crippen LogP contribution in [0.2, 0.25) is 0 Å². The molecule has 1 atom stereocenters. The third-order valence-electron chi connectivity index (χ3n) is 8.91. The van der Waals surface area contributed by atoms with Crippen LogP contribution in [0.3, 0.4) is 0 Å². The van der Waals surface area contributed by atoms with Gasteiger partial charge in [0.2, 0.25) is 11.6 Å². The number of rotatable bonds is 31. The van der Waals surface area contributed by atoms with Crippen molar-refractivity contribution in [2.45, 2.75) is 79.1 Å². The lowest BCUT2D eigenvalue weighted by molar-refractivity contribution is -0.143. The topological polar surface area (TPSA) is 149 Å². The maximum absolute atomic E-state index is 12.2. The lowest BCUT2D eigenvalue weighted by Crippen LogP contribution is -2.29. The van der Waals surface area contributed by atoms with Crippen molar-refractivity contribution in [1.29, 1.82) is 0 Å². The molecule has 1 aromatic carbocycles. The molecular formula is C42H60N6O7S2. The Bertz CT molecular complexity index is 1710. The Morgan fingerprint density at radius 1 is 0.912 bits per heavy atom. The van der Waals surface area contributed by atoms with E-state index in [0.717, 1.165) is 65.5 Å². The number of azo groups is 1. The molecule has 2 N–H and O–H groups in total. The number of hydrogen-bond acceptors (Lipinski definition) is 12. The number of thiazole rings is 1. The molecule has 3 rings (SSSR count). The number of nitrogens with one attached hydrogen (secondary N) is 1. The SMILES string of the molecule is [C-]#[N+]c1c(N=Nc2sc(N(CC)CCOCCOCCOCCOCCCNC(=O)CC(C/C=C/CCCCC)C(=O)O)nc2-c2ccccc2)sc(CC)c1C. The fourth-order valence-corrected chi connectivity index (χ4v) is 7.64. The summed E-state index contributed by atoms with van der Waals surface area (Å²) in [6, 6.07) is 9.94. The monoisotopic (exact) mass is 824 g/mol. The fraction of sp³-hybridized carbons (Fsp3) is 0.571. The molecule has 0 saturated heterocycles. The zero-order valence-electron chi connectivity index (χ0n) is 34.0. The molecule has 0 fully saturated rings. The number of ether oxygens (including phenoxy) is 4. The van der Waals surface area contributed by atoms with E-state index in [4.69, 9.17) is 30.5 Å². The molecule has 0 spiro atoms. The summed E-state index contributed by atoms with van der Waals surface area (Å²) in [5, 5.41) is 23.5. The number of thiophene rings is 1. The Morgan fingerprint density at radius 2 is 1.58 bits per heavy atom. The van der Waals surface area contributed by atoms with Crippen LogP contribution in [-0.2, 0) is 35.0 Å². The van der Waals surface area contributed by atoms with Crippen LogP contribution in [0.15, 0.2) is 52.7 Å². The minimum atomic E-state index is -0.949. The molecule has 13 nitrogen and oxygen atoms in total. The van der Waals surface area contributed by atoms with E-state index in [1.54, 1.807) is 0 Å². The van der Waals surface area contributed by atoms with Gasteiger partial charge in [0.1, 0.15) is 10.7 Å². The maximum atomic E-state index is 12.2. The highest BCUT2D eigenvalue weighted by Crippen LogP contribution is 2.45. The average molecular weight is 825 g/mol. The van der Waals surface area contributed by atoms with Crippen molar-refractivity contribution in [3.05, 3.63) is 64.3 Å². The summed E-state index contributed by atoms with van der Waals surface area (Å²) in [5.41, 5.74) is 3.26. The third kappa shape index (κ3) is 17.6. The Hall–Kier alpha value is -4.04. The lowest BCUT2D eigenvalue weighted by Gasteiger charge is -2.19. The molecule has 2 aromatic heterocycles. The summed E-state index contributed by atoms with van der Waals surface area (Å²) in [6.07, 6.45) is 10.1. The van der Waals surface area contributed by atoms with Gasteiger partial charge in [-0.25, -0.2) is 9.83 Å². The Kier molecular flexibility index (Phi) is 23.6. The predicted octanol–water partition coefficient (Wildman–Crippen LogP) is 9.73. The van der Waals surface area contributed by atoms with Crippen LogP contribution in [0, 0.1) is 19.4 Å². The van der Waals surface area contributed by atoms with E-state index in [2.05, 4.69) is 46.1 Å². The Morgan fingerprint density at radius 3 is 2.21 bits per heavy atom. The van der Waals surface area contributed by atoms with Crippen molar-refractivity contribution in [2.24, 2.45) is 16.1 Å². The van der Waals surface area contributed by atoms with Gasteiger partial charge >= 0.3 is 5.97 Å². The van der Waals surface area contributed by atoms with E-state index in [-0.39, 0.29) is 12.3 Å².